The van der Waals surface area contributed by atoms with Crippen molar-refractivity contribution in [2.45, 2.75) is 19.6 Å². The first-order valence-corrected chi connectivity index (χ1v) is 11.7. The Labute approximate surface area is 197 Å². The summed E-state index contributed by atoms with van der Waals surface area (Å²) in [5.41, 5.74) is 24.3. The third kappa shape index (κ3) is 7.22. The molecule has 0 aliphatic carbocycles. The average molecular weight is 445 g/mol. The molecule has 1 aliphatic rings. The standard InChI is InChI=1S/C27H36N6/c28-25-7-1-4-22(16-25)19-31-10-12-32(20-23-5-2-8-26(29)17-23)14-15-33(13-11-31)21-24-6-3-9-27(30)18-24/h1-9,16-18H,10-15,19-21,28-30H2. The van der Waals surface area contributed by atoms with E-state index in [4.69, 9.17) is 17.2 Å². The Morgan fingerprint density at radius 2 is 0.727 bits per heavy atom. The minimum absolute atomic E-state index is 0.823. The Morgan fingerprint density at radius 1 is 0.455 bits per heavy atom. The van der Waals surface area contributed by atoms with E-state index in [9.17, 15) is 0 Å². The topological polar surface area (TPSA) is 87.8 Å². The van der Waals surface area contributed by atoms with E-state index in [0.29, 0.717) is 0 Å². The van der Waals surface area contributed by atoms with Gasteiger partial charge in [0.1, 0.15) is 0 Å². The van der Waals surface area contributed by atoms with Gasteiger partial charge in [-0.2, -0.15) is 0 Å². The van der Waals surface area contributed by atoms with Gasteiger partial charge < -0.3 is 17.2 Å². The summed E-state index contributed by atoms with van der Waals surface area (Å²) in [6.45, 7) is 8.82. The van der Waals surface area contributed by atoms with Crippen LogP contribution in [0.3, 0.4) is 0 Å². The van der Waals surface area contributed by atoms with Crippen molar-refractivity contribution >= 4 is 17.1 Å². The lowest BCUT2D eigenvalue weighted by atomic mass is 10.2. The first-order valence-electron chi connectivity index (χ1n) is 11.7. The van der Waals surface area contributed by atoms with Crippen molar-refractivity contribution in [3.05, 3.63) is 89.5 Å². The Hall–Kier alpha value is -3.06. The van der Waals surface area contributed by atoms with E-state index in [1.807, 2.05) is 36.4 Å². The fraction of sp³-hybridized carbons (Fsp3) is 0.333. The molecule has 4 rings (SSSR count). The smallest absolute Gasteiger partial charge is 0.0317 e. The van der Waals surface area contributed by atoms with Crippen LogP contribution >= 0.6 is 0 Å². The molecular formula is C27H36N6. The minimum atomic E-state index is 0.823. The largest absolute Gasteiger partial charge is 0.399 e. The van der Waals surface area contributed by atoms with Crippen LogP contribution in [-0.2, 0) is 19.6 Å². The Morgan fingerprint density at radius 3 is 0.970 bits per heavy atom. The van der Waals surface area contributed by atoms with E-state index in [2.05, 4.69) is 51.1 Å². The number of nitrogens with zero attached hydrogens (tertiary/aromatic N) is 3. The van der Waals surface area contributed by atoms with Crippen LogP contribution < -0.4 is 17.2 Å². The Balaban J connectivity index is 1.48. The molecule has 174 valence electrons. The number of hydrogen-bond acceptors (Lipinski definition) is 6. The average Bonchev–Trinajstić information content (AvgIpc) is 2.86. The van der Waals surface area contributed by atoms with Crippen LogP contribution in [0.15, 0.2) is 72.8 Å². The molecule has 3 aromatic rings. The van der Waals surface area contributed by atoms with Crippen molar-refractivity contribution in [2.75, 3.05) is 56.5 Å². The van der Waals surface area contributed by atoms with E-state index >= 15 is 0 Å². The fourth-order valence-electron chi connectivity index (χ4n) is 4.51. The van der Waals surface area contributed by atoms with Crippen LogP contribution in [0.2, 0.25) is 0 Å². The lowest BCUT2D eigenvalue weighted by Gasteiger charge is -2.26. The van der Waals surface area contributed by atoms with Crippen LogP contribution in [0, 0.1) is 0 Å². The summed E-state index contributed by atoms with van der Waals surface area (Å²) in [5, 5.41) is 0. The minimum Gasteiger partial charge on any atom is -0.399 e. The van der Waals surface area contributed by atoms with Gasteiger partial charge in [-0.25, -0.2) is 0 Å². The van der Waals surface area contributed by atoms with E-state index in [1.165, 1.54) is 16.7 Å². The Bertz CT molecular complexity index is 892. The van der Waals surface area contributed by atoms with E-state index in [-0.39, 0.29) is 0 Å². The zero-order valence-corrected chi connectivity index (χ0v) is 19.4. The third-order valence-corrected chi connectivity index (χ3v) is 6.27. The molecule has 6 nitrogen and oxygen atoms in total. The van der Waals surface area contributed by atoms with Gasteiger partial charge in [-0.05, 0) is 53.1 Å². The molecule has 0 aromatic heterocycles. The van der Waals surface area contributed by atoms with Crippen LogP contribution in [0.5, 0.6) is 0 Å². The zero-order valence-electron chi connectivity index (χ0n) is 19.4. The number of nitrogens with two attached hydrogens (primary N) is 3. The van der Waals surface area contributed by atoms with Gasteiger partial charge in [0.05, 0.1) is 0 Å². The molecule has 0 atom stereocenters. The molecule has 0 amide bonds. The molecule has 1 aliphatic heterocycles. The normalized spacial score (nSPS) is 16.7. The van der Waals surface area contributed by atoms with Gasteiger partial charge in [-0.1, -0.05) is 36.4 Å². The molecule has 0 radical (unpaired) electrons. The van der Waals surface area contributed by atoms with Crippen molar-refractivity contribution in [1.29, 1.82) is 0 Å². The quantitative estimate of drug-likeness (QED) is 0.506. The molecule has 0 spiro atoms. The van der Waals surface area contributed by atoms with Crippen LogP contribution in [0.4, 0.5) is 17.1 Å². The van der Waals surface area contributed by atoms with E-state index in [1.54, 1.807) is 0 Å². The third-order valence-electron chi connectivity index (χ3n) is 6.27. The van der Waals surface area contributed by atoms with E-state index in [0.717, 1.165) is 76.0 Å². The number of anilines is 3. The summed E-state index contributed by atoms with van der Waals surface area (Å²) >= 11 is 0. The van der Waals surface area contributed by atoms with Gasteiger partial charge in [-0.15, -0.1) is 0 Å². The summed E-state index contributed by atoms with van der Waals surface area (Å²) in [5.74, 6) is 0. The zero-order chi connectivity index (χ0) is 23.0. The lowest BCUT2D eigenvalue weighted by Crippen LogP contribution is -2.35. The first-order chi connectivity index (χ1) is 16.0. The van der Waals surface area contributed by atoms with Crippen LogP contribution in [0.1, 0.15) is 16.7 Å². The maximum absolute atomic E-state index is 6.03. The van der Waals surface area contributed by atoms with Crippen molar-refractivity contribution < 1.29 is 0 Å². The first kappa shape index (κ1) is 23.1. The monoisotopic (exact) mass is 444 g/mol. The second kappa shape index (κ2) is 11.2. The number of hydrogen-bond donors (Lipinski definition) is 3. The maximum Gasteiger partial charge on any atom is 0.0317 e. The second-order valence-electron chi connectivity index (χ2n) is 9.06. The summed E-state index contributed by atoms with van der Waals surface area (Å²) < 4.78 is 0. The van der Waals surface area contributed by atoms with Gasteiger partial charge in [0.2, 0.25) is 0 Å². The molecule has 0 unspecified atom stereocenters. The van der Waals surface area contributed by atoms with Gasteiger partial charge in [0, 0.05) is 76.0 Å². The molecule has 1 saturated heterocycles. The molecule has 0 saturated carbocycles. The molecule has 1 heterocycles. The SMILES string of the molecule is Nc1cccc(CN2CCN(Cc3cccc(N)c3)CCN(Cc3cccc(N)c3)CC2)c1. The Kier molecular flexibility index (Phi) is 7.83. The summed E-state index contributed by atoms with van der Waals surface area (Å²) in [6, 6.07) is 24.7. The predicted octanol–water partition coefficient (Wildman–Crippen LogP) is 3.25. The highest BCUT2D eigenvalue weighted by Crippen LogP contribution is 2.15. The highest BCUT2D eigenvalue weighted by molar-refractivity contribution is 5.42. The van der Waals surface area contributed by atoms with Gasteiger partial charge in [-0.3, -0.25) is 14.7 Å². The lowest BCUT2D eigenvalue weighted by molar-refractivity contribution is 0.209. The summed E-state index contributed by atoms with van der Waals surface area (Å²) in [6.07, 6.45) is 0. The van der Waals surface area contributed by atoms with Crippen molar-refractivity contribution in [1.82, 2.24) is 14.7 Å². The van der Waals surface area contributed by atoms with E-state index < -0.39 is 0 Å². The van der Waals surface area contributed by atoms with Crippen molar-refractivity contribution in [3.63, 3.8) is 0 Å². The molecule has 0 bridgehead atoms. The molecule has 33 heavy (non-hydrogen) atoms. The van der Waals surface area contributed by atoms with Crippen molar-refractivity contribution in [2.24, 2.45) is 0 Å². The fourth-order valence-corrected chi connectivity index (χ4v) is 4.51. The van der Waals surface area contributed by atoms with Crippen molar-refractivity contribution in [3.8, 4) is 0 Å². The predicted molar refractivity (Wildman–Crippen MR) is 138 cm³/mol. The van der Waals surface area contributed by atoms with Crippen LogP contribution in [-0.4, -0.2) is 54.0 Å². The number of benzene rings is 3. The second-order valence-corrected chi connectivity index (χ2v) is 9.06. The molecular weight excluding hydrogens is 408 g/mol. The maximum atomic E-state index is 6.03. The molecule has 1 fully saturated rings. The van der Waals surface area contributed by atoms with Gasteiger partial charge >= 0.3 is 0 Å². The van der Waals surface area contributed by atoms with Gasteiger partial charge in [0.25, 0.3) is 0 Å². The summed E-state index contributed by atoms with van der Waals surface area (Å²) in [4.78, 5) is 7.62. The highest BCUT2D eigenvalue weighted by Gasteiger charge is 2.17. The molecule has 6 N–H and O–H groups in total. The number of nitrogen functional groups attached to an aromatic ring is 3. The van der Waals surface area contributed by atoms with Gasteiger partial charge in [0.15, 0.2) is 0 Å². The molecule has 3 aromatic carbocycles. The van der Waals surface area contributed by atoms with Crippen LogP contribution in [0.25, 0.3) is 0 Å². The molecule has 6 heteroatoms. The highest BCUT2D eigenvalue weighted by atomic mass is 15.3. The number of rotatable bonds is 6. The summed E-state index contributed by atoms with van der Waals surface area (Å²) in [7, 11) is 0.